The van der Waals surface area contributed by atoms with Gasteiger partial charge < -0.3 is 10.2 Å². The van der Waals surface area contributed by atoms with Crippen molar-refractivity contribution in [2.45, 2.75) is 39.8 Å². The number of carbonyl (C=O) groups excluding carboxylic acids is 2. The third kappa shape index (κ3) is 5.57. The molecule has 1 aliphatic rings. The Labute approximate surface area is 205 Å². The number of halogens is 1. The summed E-state index contributed by atoms with van der Waals surface area (Å²) in [7, 11) is 0. The lowest BCUT2D eigenvalue weighted by atomic mass is 10.1. The number of amides is 2. The van der Waals surface area contributed by atoms with E-state index in [4.69, 9.17) is 11.6 Å². The normalized spacial score (nSPS) is 13.6. The summed E-state index contributed by atoms with van der Waals surface area (Å²) >= 11 is 6.29. The molecule has 0 bridgehead atoms. The average molecular weight is 477 g/mol. The lowest BCUT2D eigenvalue weighted by molar-refractivity contribution is -0.116. The predicted octanol–water partition coefficient (Wildman–Crippen LogP) is 4.77. The molecule has 2 aromatic carbocycles. The summed E-state index contributed by atoms with van der Waals surface area (Å²) in [6.07, 6.45) is 5.44. The molecule has 0 unspecified atom stereocenters. The second kappa shape index (κ2) is 10.7. The van der Waals surface area contributed by atoms with E-state index in [0.717, 1.165) is 54.0 Å². The molecule has 3 aromatic rings. The Morgan fingerprint density at radius 2 is 1.85 bits per heavy atom. The molecule has 2 heterocycles. The summed E-state index contributed by atoms with van der Waals surface area (Å²) in [5, 5.41) is 8.22. The lowest BCUT2D eigenvalue weighted by Gasteiger charge is -2.15. The fraction of sp³-hybridized carbons (Fsp3) is 0.296. The first-order valence-electron chi connectivity index (χ1n) is 11.5. The van der Waals surface area contributed by atoms with Crippen molar-refractivity contribution < 1.29 is 9.59 Å². The molecule has 0 atom stereocenters. The van der Waals surface area contributed by atoms with E-state index in [1.54, 1.807) is 6.08 Å². The Bertz CT molecular complexity index is 1230. The van der Waals surface area contributed by atoms with Crippen LogP contribution in [0, 0.1) is 13.8 Å². The van der Waals surface area contributed by atoms with Gasteiger partial charge in [-0.05, 0) is 62.1 Å². The largest absolute Gasteiger partial charge is 0.348 e. The van der Waals surface area contributed by atoms with E-state index in [-0.39, 0.29) is 11.8 Å². The molecule has 0 saturated carbocycles. The van der Waals surface area contributed by atoms with E-state index in [1.807, 2.05) is 72.0 Å². The van der Waals surface area contributed by atoms with Gasteiger partial charge in [0.05, 0.1) is 12.2 Å². The summed E-state index contributed by atoms with van der Waals surface area (Å²) in [6.45, 7) is 6.47. The highest BCUT2D eigenvalue weighted by molar-refractivity contribution is 6.31. The summed E-state index contributed by atoms with van der Waals surface area (Å²) in [5.74, 6) is -0.140. The van der Waals surface area contributed by atoms with Gasteiger partial charge in [0.25, 0.3) is 5.91 Å². The van der Waals surface area contributed by atoms with Crippen molar-refractivity contribution in [2.75, 3.05) is 13.1 Å². The maximum absolute atomic E-state index is 12.6. The highest BCUT2D eigenvalue weighted by Gasteiger charge is 2.19. The van der Waals surface area contributed by atoms with Gasteiger partial charge in [-0.3, -0.25) is 14.3 Å². The van der Waals surface area contributed by atoms with Crippen molar-refractivity contribution in [3.05, 3.63) is 93.3 Å². The van der Waals surface area contributed by atoms with Gasteiger partial charge in [0.1, 0.15) is 0 Å². The van der Waals surface area contributed by atoms with Gasteiger partial charge in [0, 0.05) is 47.6 Å². The van der Waals surface area contributed by atoms with E-state index in [2.05, 4.69) is 10.4 Å². The molecule has 1 saturated heterocycles. The Morgan fingerprint density at radius 1 is 1.09 bits per heavy atom. The first kappa shape index (κ1) is 23.8. The number of benzene rings is 2. The van der Waals surface area contributed by atoms with E-state index in [0.29, 0.717) is 23.7 Å². The van der Waals surface area contributed by atoms with Crippen molar-refractivity contribution in [3.8, 4) is 0 Å². The van der Waals surface area contributed by atoms with E-state index < -0.39 is 0 Å². The molecule has 7 heteroatoms. The third-order valence-corrected chi connectivity index (χ3v) is 6.52. The van der Waals surface area contributed by atoms with E-state index >= 15 is 0 Å². The van der Waals surface area contributed by atoms with E-state index in [1.165, 1.54) is 6.08 Å². The molecule has 1 fully saturated rings. The number of likely N-dealkylation sites (tertiary alicyclic amines) is 1. The maximum atomic E-state index is 12.6. The smallest absolute Gasteiger partial charge is 0.253 e. The SMILES string of the molecule is Cc1nn(Cc2ccccc2Cl)c(C)c1C=CC(=O)NCc1cccc(C(=O)N2CCCC2)c1. The molecule has 0 aliphatic carbocycles. The molecule has 2 amide bonds. The van der Waals surface area contributed by atoms with Gasteiger partial charge in [0.15, 0.2) is 0 Å². The van der Waals surface area contributed by atoms with Gasteiger partial charge in [-0.25, -0.2) is 0 Å². The van der Waals surface area contributed by atoms with Crippen molar-refractivity contribution in [1.82, 2.24) is 20.0 Å². The zero-order valence-corrected chi connectivity index (χ0v) is 20.3. The number of aromatic nitrogens is 2. The first-order chi connectivity index (χ1) is 16.4. The van der Waals surface area contributed by atoms with Crippen molar-refractivity contribution in [2.24, 2.45) is 0 Å². The summed E-state index contributed by atoms with van der Waals surface area (Å²) in [5.41, 5.74) is 5.29. The third-order valence-electron chi connectivity index (χ3n) is 6.15. The Morgan fingerprint density at radius 3 is 2.62 bits per heavy atom. The van der Waals surface area contributed by atoms with Crippen LogP contribution in [0.1, 0.15) is 51.3 Å². The number of aryl methyl sites for hydroxylation is 1. The van der Waals surface area contributed by atoms with E-state index in [9.17, 15) is 9.59 Å². The molecular weight excluding hydrogens is 448 g/mol. The fourth-order valence-corrected chi connectivity index (χ4v) is 4.41. The minimum Gasteiger partial charge on any atom is -0.348 e. The first-order valence-corrected chi connectivity index (χ1v) is 11.9. The second-order valence-electron chi connectivity index (χ2n) is 8.58. The van der Waals surface area contributed by atoms with Crippen molar-refractivity contribution in [1.29, 1.82) is 0 Å². The Balaban J connectivity index is 1.37. The van der Waals surface area contributed by atoms with Crippen LogP contribution in [-0.2, 0) is 17.9 Å². The van der Waals surface area contributed by atoms with Crippen LogP contribution < -0.4 is 5.32 Å². The van der Waals surface area contributed by atoms with Crippen LogP contribution in [-0.4, -0.2) is 39.6 Å². The minimum absolute atomic E-state index is 0.0605. The van der Waals surface area contributed by atoms with Crippen LogP contribution in [0.15, 0.2) is 54.6 Å². The molecule has 1 N–H and O–H groups in total. The molecule has 1 aliphatic heterocycles. The van der Waals surface area contributed by atoms with Gasteiger partial charge in [-0.2, -0.15) is 5.10 Å². The molecular formula is C27H29ClN4O2. The van der Waals surface area contributed by atoms with Crippen LogP contribution in [0.2, 0.25) is 5.02 Å². The second-order valence-corrected chi connectivity index (χ2v) is 8.99. The summed E-state index contributed by atoms with van der Waals surface area (Å²) in [6, 6.07) is 15.2. The standard InChI is InChI=1S/C27H29ClN4O2/c1-19-24(20(2)32(30-19)18-23-9-3-4-11-25(23)28)12-13-26(33)29-17-21-8-7-10-22(16-21)27(34)31-14-5-6-15-31/h3-4,7-13,16H,5-6,14-15,17-18H2,1-2H3,(H,29,33). The van der Waals surface area contributed by atoms with Gasteiger partial charge in [0.2, 0.25) is 5.91 Å². The van der Waals surface area contributed by atoms with Crippen molar-refractivity contribution in [3.63, 3.8) is 0 Å². The van der Waals surface area contributed by atoms with Crippen LogP contribution in [0.4, 0.5) is 0 Å². The number of hydrogen-bond acceptors (Lipinski definition) is 3. The van der Waals surface area contributed by atoms with Crippen LogP contribution in [0.3, 0.4) is 0 Å². The Kier molecular flexibility index (Phi) is 7.48. The summed E-state index contributed by atoms with van der Waals surface area (Å²) < 4.78 is 1.90. The number of hydrogen-bond donors (Lipinski definition) is 1. The molecule has 4 rings (SSSR count). The maximum Gasteiger partial charge on any atom is 0.253 e. The quantitative estimate of drug-likeness (QED) is 0.499. The van der Waals surface area contributed by atoms with Gasteiger partial charge >= 0.3 is 0 Å². The number of nitrogens with zero attached hydrogens (tertiary/aromatic N) is 3. The molecule has 1 aromatic heterocycles. The molecule has 0 radical (unpaired) electrons. The fourth-order valence-electron chi connectivity index (χ4n) is 4.22. The molecule has 34 heavy (non-hydrogen) atoms. The summed E-state index contributed by atoms with van der Waals surface area (Å²) in [4.78, 5) is 27.0. The Hall–Kier alpha value is -3.38. The van der Waals surface area contributed by atoms with Crippen molar-refractivity contribution >= 4 is 29.5 Å². The highest BCUT2D eigenvalue weighted by Crippen LogP contribution is 2.20. The van der Waals surface area contributed by atoms with Gasteiger partial charge in [-0.15, -0.1) is 0 Å². The molecule has 0 spiro atoms. The number of nitrogens with one attached hydrogen (secondary N) is 1. The molecule has 176 valence electrons. The zero-order valence-electron chi connectivity index (χ0n) is 19.6. The monoisotopic (exact) mass is 476 g/mol. The van der Waals surface area contributed by atoms with Crippen LogP contribution in [0.25, 0.3) is 6.08 Å². The topological polar surface area (TPSA) is 67.2 Å². The number of rotatable bonds is 7. The zero-order chi connectivity index (χ0) is 24.1. The predicted molar refractivity (Wildman–Crippen MR) is 135 cm³/mol. The van der Waals surface area contributed by atoms with Crippen LogP contribution in [0.5, 0.6) is 0 Å². The average Bonchev–Trinajstić information content (AvgIpc) is 3.46. The molecule has 6 nitrogen and oxygen atoms in total. The highest BCUT2D eigenvalue weighted by atomic mass is 35.5. The lowest BCUT2D eigenvalue weighted by Crippen LogP contribution is -2.27. The van der Waals surface area contributed by atoms with Gasteiger partial charge in [-0.1, -0.05) is 41.9 Å². The number of carbonyl (C=O) groups is 2. The van der Waals surface area contributed by atoms with Crippen LogP contribution >= 0.6 is 11.6 Å². The minimum atomic E-state index is -0.200.